The third-order valence-electron chi connectivity index (χ3n) is 4.62. The first-order valence-electron chi connectivity index (χ1n) is 9.11. The van der Waals surface area contributed by atoms with Crippen LogP contribution in [0.15, 0.2) is 82.1 Å². The van der Waals surface area contributed by atoms with Crippen molar-refractivity contribution < 1.29 is 12.8 Å². The number of aromatic nitrogens is 1. The quantitative estimate of drug-likeness (QED) is 0.352. The summed E-state index contributed by atoms with van der Waals surface area (Å²) < 4.78 is 29.7. The lowest BCUT2D eigenvalue weighted by Crippen LogP contribution is -1.96. The molecule has 3 aromatic carbocycles. The van der Waals surface area contributed by atoms with E-state index in [0.717, 1.165) is 5.56 Å². The van der Waals surface area contributed by atoms with Crippen LogP contribution in [0, 0.1) is 0 Å². The summed E-state index contributed by atoms with van der Waals surface area (Å²) in [7, 11) is -3.30. The predicted octanol–water partition coefficient (Wildman–Crippen LogP) is 6.31. The van der Waals surface area contributed by atoms with Crippen LogP contribution < -0.4 is 0 Å². The molecule has 0 N–H and O–H groups in total. The lowest BCUT2D eigenvalue weighted by atomic mass is 10.1. The number of oxazole rings is 1. The van der Waals surface area contributed by atoms with Crippen molar-refractivity contribution in [3.05, 3.63) is 94.3 Å². The summed E-state index contributed by atoms with van der Waals surface area (Å²) in [4.78, 5) is 4.93. The fourth-order valence-corrected chi connectivity index (χ4v) is 4.35. The molecule has 0 spiro atoms. The smallest absolute Gasteiger partial charge is 0.199 e. The minimum atomic E-state index is -3.30. The van der Waals surface area contributed by atoms with Gasteiger partial charge in [-0.2, -0.15) is 0 Å². The third-order valence-corrected chi connectivity index (χ3v) is 6.37. The lowest BCUT2D eigenvalue weighted by Gasteiger charge is -2.06. The molecule has 0 aliphatic rings. The number of hydrogen-bond donors (Lipinski definition) is 0. The van der Waals surface area contributed by atoms with Crippen LogP contribution in [-0.4, -0.2) is 19.7 Å². The minimum absolute atomic E-state index is 0.233. The predicted molar refractivity (Wildman–Crippen MR) is 120 cm³/mol. The Morgan fingerprint density at radius 1 is 0.867 bits per heavy atom. The summed E-state index contributed by atoms with van der Waals surface area (Å²) in [6.45, 7) is 0. The van der Waals surface area contributed by atoms with Gasteiger partial charge in [-0.15, -0.1) is 0 Å². The fraction of sp³-hybridized carbons (Fsp3) is 0.0870. The second-order valence-corrected chi connectivity index (χ2v) is 9.67. The number of benzene rings is 3. The van der Waals surface area contributed by atoms with Gasteiger partial charge >= 0.3 is 0 Å². The molecule has 1 aromatic heterocycles. The summed E-state index contributed by atoms with van der Waals surface area (Å²) in [5, 5.41) is 0.887. The van der Waals surface area contributed by atoms with E-state index in [0.29, 0.717) is 44.9 Å². The molecule has 4 rings (SSSR count). The van der Waals surface area contributed by atoms with E-state index in [9.17, 15) is 8.42 Å². The van der Waals surface area contributed by atoms with Crippen LogP contribution in [0.1, 0.15) is 11.5 Å². The molecule has 0 unspecified atom stereocenters. The SMILES string of the molecule is CS(=O)(=O)c1ccc(-c2nc(Cc3ccccc3)oc2-c2c(Cl)cccc2Cl)cc1. The molecule has 7 heteroatoms. The van der Waals surface area contributed by atoms with Crippen LogP contribution in [-0.2, 0) is 16.3 Å². The molecule has 0 aliphatic heterocycles. The van der Waals surface area contributed by atoms with Crippen molar-refractivity contribution in [1.82, 2.24) is 4.98 Å². The first-order valence-corrected chi connectivity index (χ1v) is 11.8. The highest BCUT2D eigenvalue weighted by Crippen LogP contribution is 2.41. The monoisotopic (exact) mass is 457 g/mol. The maximum absolute atomic E-state index is 11.8. The molecule has 0 bridgehead atoms. The number of hydrogen-bond acceptors (Lipinski definition) is 4. The van der Waals surface area contributed by atoms with Gasteiger partial charge < -0.3 is 4.42 Å². The average Bonchev–Trinajstić information content (AvgIpc) is 3.11. The first kappa shape index (κ1) is 20.7. The first-order chi connectivity index (χ1) is 14.3. The van der Waals surface area contributed by atoms with Gasteiger partial charge in [0.25, 0.3) is 0 Å². The minimum Gasteiger partial charge on any atom is -0.440 e. The van der Waals surface area contributed by atoms with Gasteiger partial charge in [0.15, 0.2) is 21.5 Å². The molecule has 1 heterocycles. The Balaban J connectivity index is 1.85. The Morgan fingerprint density at radius 3 is 2.10 bits per heavy atom. The van der Waals surface area contributed by atoms with Crippen LogP contribution in [0.25, 0.3) is 22.6 Å². The van der Waals surface area contributed by atoms with E-state index >= 15 is 0 Å². The molecule has 0 fully saturated rings. The van der Waals surface area contributed by atoms with Crippen molar-refractivity contribution in [2.75, 3.05) is 6.26 Å². The summed E-state index contributed by atoms with van der Waals surface area (Å²) in [5.41, 5.74) is 2.86. The van der Waals surface area contributed by atoms with Crippen molar-refractivity contribution in [2.24, 2.45) is 0 Å². The Labute approximate surface area is 185 Å². The molecule has 4 aromatic rings. The van der Waals surface area contributed by atoms with Crippen molar-refractivity contribution in [1.29, 1.82) is 0 Å². The maximum atomic E-state index is 11.8. The highest BCUT2D eigenvalue weighted by Gasteiger charge is 2.22. The molecule has 0 saturated heterocycles. The highest BCUT2D eigenvalue weighted by molar-refractivity contribution is 7.90. The molecule has 152 valence electrons. The molecule has 0 saturated carbocycles. The summed E-state index contributed by atoms with van der Waals surface area (Å²) >= 11 is 12.9. The van der Waals surface area contributed by atoms with Crippen molar-refractivity contribution in [3.63, 3.8) is 0 Å². The van der Waals surface area contributed by atoms with Gasteiger partial charge in [-0.05, 0) is 29.8 Å². The summed E-state index contributed by atoms with van der Waals surface area (Å²) in [6.07, 6.45) is 1.67. The van der Waals surface area contributed by atoms with E-state index in [2.05, 4.69) is 0 Å². The second kappa shape index (κ2) is 8.26. The molecular weight excluding hydrogens is 441 g/mol. The van der Waals surface area contributed by atoms with Crippen molar-refractivity contribution in [2.45, 2.75) is 11.3 Å². The van der Waals surface area contributed by atoms with Crippen LogP contribution in [0.2, 0.25) is 10.0 Å². The van der Waals surface area contributed by atoms with Gasteiger partial charge in [0.1, 0.15) is 5.69 Å². The van der Waals surface area contributed by atoms with Crippen LogP contribution in [0.3, 0.4) is 0 Å². The Morgan fingerprint density at radius 2 is 1.50 bits per heavy atom. The number of rotatable bonds is 5. The highest BCUT2D eigenvalue weighted by atomic mass is 35.5. The number of nitrogens with zero attached hydrogens (tertiary/aromatic N) is 1. The fourth-order valence-electron chi connectivity index (χ4n) is 3.15. The van der Waals surface area contributed by atoms with Crippen LogP contribution in [0.4, 0.5) is 0 Å². The number of sulfone groups is 1. The lowest BCUT2D eigenvalue weighted by molar-refractivity contribution is 0.519. The Kier molecular flexibility index (Phi) is 5.69. The van der Waals surface area contributed by atoms with Gasteiger partial charge in [-0.1, -0.05) is 71.7 Å². The molecule has 0 atom stereocenters. The normalized spacial score (nSPS) is 11.6. The van der Waals surface area contributed by atoms with Gasteiger partial charge in [-0.25, -0.2) is 13.4 Å². The zero-order valence-corrected chi connectivity index (χ0v) is 18.3. The molecule has 0 radical (unpaired) electrons. The molecule has 4 nitrogen and oxygen atoms in total. The van der Waals surface area contributed by atoms with Crippen LogP contribution in [0.5, 0.6) is 0 Å². The molecule has 0 aliphatic carbocycles. The van der Waals surface area contributed by atoms with E-state index in [4.69, 9.17) is 32.6 Å². The largest absolute Gasteiger partial charge is 0.440 e. The van der Waals surface area contributed by atoms with E-state index in [1.807, 2.05) is 30.3 Å². The Hall–Kier alpha value is -2.60. The summed E-state index contributed by atoms with van der Waals surface area (Å²) in [6, 6.07) is 21.6. The van der Waals surface area contributed by atoms with E-state index < -0.39 is 9.84 Å². The summed E-state index contributed by atoms with van der Waals surface area (Å²) in [5.74, 6) is 0.956. The zero-order chi connectivity index (χ0) is 21.3. The van der Waals surface area contributed by atoms with Crippen molar-refractivity contribution >= 4 is 33.0 Å². The average molecular weight is 458 g/mol. The number of halogens is 2. The zero-order valence-electron chi connectivity index (χ0n) is 16.0. The van der Waals surface area contributed by atoms with Gasteiger partial charge in [0.2, 0.25) is 0 Å². The van der Waals surface area contributed by atoms with Gasteiger partial charge in [-0.3, -0.25) is 0 Å². The topological polar surface area (TPSA) is 60.2 Å². The molecular formula is C23H17Cl2NO3S. The second-order valence-electron chi connectivity index (χ2n) is 6.84. The van der Waals surface area contributed by atoms with Gasteiger partial charge in [0, 0.05) is 18.2 Å². The van der Waals surface area contributed by atoms with E-state index in [-0.39, 0.29) is 4.90 Å². The maximum Gasteiger partial charge on any atom is 0.199 e. The van der Waals surface area contributed by atoms with Crippen molar-refractivity contribution in [3.8, 4) is 22.6 Å². The Bertz CT molecular complexity index is 1280. The van der Waals surface area contributed by atoms with E-state index in [1.165, 1.54) is 6.26 Å². The standard InChI is InChI=1S/C23H17Cl2NO3S/c1-30(27,28)17-12-10-16(11-13-17)22-23(21-18(24)8-5-9-19(21)25)29-20(26-22)14-15-6-3-2-4-7-15/h2-13H,14H2,1H3. The van der Waals surface area contributed by atoms with Crippen LogP contribution >= 0.6 is 23.2 Å². The third kappa shape index (κ3) is 4.29. The van der Waals surface area contributed by atoms with Gasteiger partial charge in [0.05, 0.1) is 20.5 Å². The van der Waals surface area contributed by atoms with E-state index in [1.54, 1.807) is 42.5 Å². The molecule has 0 amide bonds. The molecule has 30 heavy (non-hydrogen) atoms.